The molecule has 4 rings (SSSR count). The third-order valence-corrected chi connectivity index (χ3v) is 6.03. The summed E-state index contributed by atoms with van der Waals surface area (Å²) < 4.78 is 0. The Labute approximate surface area is 180 Å². The average Bonchev–Trinajstić information content (AvgIpc) is 3.31. The van der Waals surface area contributed by atoms with Crippen molar-refractivity contribution >= 4 is 23.5 Å². The summed E-state index contributed by atoms with van der Waals surface area (Å²) in [7, 11) is 2.14. The van der Waals surface area contributed by atoms with Crippen LogP contribution in [0.25, 0.3) is 0 Å². The van der Waals surface area contributed by atoms with E-state index < -0.39 is 0 Å². The van der Waals surface area contributed by atoms with E-state index in [1.54, 1.807) is 0 Å². The number of aromatic nitrogens is 4. The normalized spacial score (nSPS) is 14.6. The van der Waals surface area contributed by atoms with E-state index >= 15 is 0 Å². The molecule has 0 radical (unpaired) electrons. The van der Waals surface area contributed by atoms with Crippen LogP contribution in [-0.2, 0) is 12.3 Å². The fourth-order valence-electron chi connectivity index (χ4n) is 3.30. The topological polar surface area (TPSA) is 90.0 Å². The number of likely N-dealkylation sites (N-methyl/N-ethyl adjacent to an activating group) is 1. The molecule has 1 amide bonds. The Morgan fingerprint density at radius 2 is 1.97 bits per heavy atom. The van der Waals surface area contributed by atoms with E-state index in [-0.39, 0.29) is 5.91 Å². The molecule has 0 spiro atoms. The summed E-state index contributed by atoms with van der Waals surface area (Å²) in [4.78, 5) is 26.1. The van der Waals surface area contributed by atoms with Gasteiger partial charge in [-0.1, -0.05) is 36.0 Å². The molecule has 156 valence electrons. The van der Waals surface area contributed by atoms with Gasteiger partial charge in [0.1, 0.15) is 12.1 Å². The molecule has 3 aromatic rings. The number of H-pyrrole nitrogens is 1. The molecule has 1 aliphatic rings. The third-order valence-electron chi connectivity index (χ3n) is 5.11. The molecular formula is C21H25N7OS. The van der Waals surface area contributed by atoms with Gasteiger partial charge < -0.3 is 15.1 Å². The average molecular weight is 424 g/mol. The molecule has 0 atom stereocenters. The number of benzene rings is 1. The van der Waals surface area contributed by atoms with Crippen molar-refractivity contribution in [3.63, 3.8) is 0 Å². The van der Waals surface area contributed by atoms with Crippen molar-refractivity contribution in [2.75, 3.05) is 38.1 Å². The zero-order valence-corrected chi connectivity index (χ0v) is 17.7. The first-order valence-electron chi connectivity index (χ1n) is 9.92. The lowest BCUT2D eigenvalue weighted by Gasteiger charge is -2.33. The molecule has 2 aromatic heterocycles. The smallest absolute Gasteiger partial charge is 0.251 e. The van der Waals surface area contributed by atoms with Gasteiger partial charge >= 0.3 is 0 Å². The largest absolute Gasteiger partial charge is 0.354 e. The van der Waals surface area contributed by atoms with Crippen LogP contribution in [-0.4, -0.2) is 64.2 Å². The number of hydrogen-bond donors (Lipinski definition) is 2. The van der Waals surface area contributed by atoms with E-state index in [0.717, 1.165) is 48.3 Å². The molecule has 2 N–H and O–H groups in total. The Kier molecular flexibility index (Phi) is 6.60. The number of nitrogens with one attached hydrogen (secondary N) is 2. The minimum absolute atomic E-state index is 0.0908. The van der Waals surface area contributed by atoms with E-state index in [0.29, 0.717) is 17.9 Å². The van der Waals surface area contributed by atoms with Gasteiger partial charge in [0.15, 0.2) is 5.16 Å². The maximum atomic E-state index is 12.8. The summed E-state index contributed by atoms with van der Waals surface area (Å²) in [5.74, 6) is 1.54. The van der Waals surface area contributed by atoms with Gasteiger partial charge in [0.05, 0.1) is 0 Å². The number of amides is 1. The first kappa shape index (κ1) is 20.4. The monoisotopic (exact) mass is 423 g/mol. The Hall–Kier alpha value is -2.91. The maximum absolute atomic E-state index is 12.8. The summed E-state index contributed by atoms with van der Waals surface area (Å²) in [6, 6.07) is 11.7. The van der Waals surface area contributed by atoms with E-state index in [9.17, 15) is 4.79 Å². The van der Waals surface area contributed by atoms with Crippen LogP contribution in [0.4, 0.5) is 5.82 Å². The highest BCUT2D eigenvalue weighted by Gasteiger charge is 2.15. The summed E-state index contributed by atoms with van der Waals surface area (Å²) in [6.45, 7) is 4.52. The van der Waals surface area contributed by atoms with E-state index in [2.05, 4.69) is 42.3 Å². The van der Waals surface area contributed by atoms with Crippen molar-refractivity contribution in [3.05, 3.63) is 65.6 Å². The van der Waals surface area contributed by atoms with Gasteiger partial charge in [0, 0.05) is 50.2 Å². The van der Waals surface area contributed by atoms with Crippen LogP contribution < -0.4 is 10.2 Å². The molecule has 0 unspecified atom stereocenters. The quantitative estimate of drug-likeness (QED) is 0.563. The highest BCUT2D eigenvalue weighted by atomic mass is 32.2. The number of nitrogens with zero attached hydrogens (tertiary/aromatic N) is 5. The molecule has 1 fully saturated rings. The maximum Gasteiger partial charge on any atom is 0.251 e. The number of carbonyl (C=O) groups is 1. The summed E-state index contributed by atoms with van der Waals surface area (Å²) in [5, 5.41) is 10.4. The summed E-state index contributed by atoms with van der Waals surface area (Å²) in [5.41, 5.74) is 2.61. The minimum atomic E-state index is -0.0908. The molecule has 9 heteroatoms. The Morgan fingerprint density at radius 3 is 2.70 bits per heavy atom. The number of thioether (sulfide) groups is 1. The van der Waals surface area contributed by atoms with E-state index in [4.69, 9.17) is 0 Å². The number of pyridine rings is 1. The van der Waals surface area contributed by atoms with Gasteiger partial charge in [-0.15, -0.1) is 0 Å². The second kappa shape index (κ2) is 9.73. The minimum Gasteiger partial charge on any atom is -0.354 e. The molecule has 30 heavy (non-hydrogen) atoms. The van der Waals surface area contributed by atoms with Crippen molar-refractivity contribution in [1.29, 1.82) is 0 Å². The van der Waals surface area contributed by atoms with Crippen LogP contribution >= 0.6 is 11.8 Å². The Balaban J connectivity index is 1.33. The fourth-order valence-corrected chi connectivity index (χ4v) is 4.08. The van der Waals surface area contributed by atoms with Gasteiger partial charge in [-0.3, -0.25) is 9.89 Å². The molecule has 3 heterocycles. The molecule has 1 aromatic carbocycles. The van der Waals surface area contributed by atoms with Crippen molar-refractivity contribution in [1.82, 2.24) is 30.4 Å². The van der Waals surface area contributed by atoms with Crippen molar-refractivity contribution in [3.8, 4) is 0 Å². The van der Waals surface area contributed by atoms with E-state index in [1.165, 1.54) is 18.1 Å². The van der Waals surface area contributed by atoms with Gasteiger partial charge in [0.2, 0.25) is 0 Å². The van der Waals surface area contributed by atoms with E-state index in [1.807, 2.05) is 42.6 Å². The van der Waals surface area contributed by atoms with Crippen LogP contribution in [0, 0.1) is 0 Å². The fraction of sp³-hybridized carbons (Fsp3) is 0.333. The Morgan fingerprint density at radius 1 is 1.13 bits per heavy atom. The Bertz CT molecular complexity index is 954. The number of carbonyl (C=O) groups excluding carboxylic acids is 1. The predicted octanol–water partition coefficient (Wildman–Crippen LogP) is 2.17. The van der Waals surface area contributed by atoms with Crippen LogP contribution in [0.1, 0.15) is 21.5 Å². The van der Waals surface area contributed by atoms with Crippen LogP contribution in [0.2, 0.25) is 0 Å². The van der Waals surface area contributed by atoms with Crippen molar-refractivity contribution in [2.24, 2.45) is 0 Å². The number of anilines is 1. The molecule has 0 aliphatic carbocycles. The number of piperazine rings is 1. The van der Waals surface area contributed by atoms with Gasteiger partial charge in [-0.25, -0.2) is 9.97 Å². The van der Waals surface area contributed by atoms with Crippen LogP contribution in [0.3, 0.4) is 0 Å². The number of aromatic amines is 1. The highest BCUT2D eigenvalue weighted by molar-refractivity contribution is 7.98. The lowest BCUT2D eigenvalue weighted by atomic mass is 10.1. The van der Waals surface area contributed by atoms with Crippen LogP contribution in [0.5, 0.6) is 0 Å². The summed E-state index contributed by atoms with van der Waals surface area (Å²) >= 11 is 1.51. The summed E-state index contributed by atoms with van der Waals surface area (Å²) in [6.07, 6.45) is 3.32. The zero-order valence-electron chi connectivity index (χ0n) is 16.9. The van der Waals surface area contributed by atoms with Gasteiger partial charge in [-0.05, 0) is 30.3 Å². The first-order valence-corrected chi connectivity index (χ1v) is 10.9. The SMILES string of the molecule is CN1CCN(c2ccc(CNC(=O)c3ccccc3CSc3ncn[nH]3)cn2)CC1. The third kappa shape index (κ3) is 5.17. The number of hydrogen-bond acceptors (Lipinski definition) is 7. The zero-order chi connectivity index (χ0) is 20.8. The first-order chi connectivity index (χ1) is 14.7. The van der Waals surface area contributed by atoms with Crippen molar-refractivity contribution in [2.45, 2.75) is 17.5 Å². The predicted molar refractivity (Wildman–Crippen MR) is 118 cm³/mol. The lowest BCUT2D eigenvalue weighted by Crippen LogP contribution is -2.44. The molecule has 0 saturated carbocycles. The van der Waals surface area contributed by atoms with Gasteiger partial charge in [0.25, 0.3) is 5.91 Å². The standard InChI is InChI=1S/C21H25N7OS/c1-27-8-10-28(11-9-27)19-7-6-16(12-22-19)13-23-20(29)18-5-3-2-4-17(18)14-30-21-24-15-25-26-21/h2-7,12,15H,8-11,13-14H2,1H3,(H,23,29)(H,24,25,26). The molecule has 8 nitrogen and oxygen atoms in total. The molecule has 1 saturated heterocycles. The lowest BCUT2D eigenvalue weighted by molar-refractivity contribution is 0.0950. The van der Waals surface area contributed by atoms with Crippen LogP contribution in [0.15, 0.2) is 54.1 Å². The van der Waals surface area contributed by atoms with Crippen molar-refractivity contribution < 1.29 is 4.79 Å². The molecular weight excluding hydrogens is 398 g/mol. The highest BCUT2D eigenvalue weighted by Crippen LogP contribution is 2.21. The second-order valence-corrected chi connectivity index (χ2v) is 8.20. The van der Waals surface area contributed by atoms with Gasteiger partial charge in [-0.2, -0.15) is 5.10 Å². The molecule has 1 aliphatic heterocycles. The molecule has 0 bridgehead atoms. The number of rotatable bonds is 7. The second-order valence-electron chi connectivity index (χ2n) is 7.23.